The van der Waals surface area contributed by atoms with Crippen molar-refractivity contribution in [1.82, 2.24) is 15.0 Å². The number of hydrogen-bond donors (Lipinski definition) is 0. The molecule has 0 saturated carbocycles. The van der Waals surface area contributed by atoms with Crippen LogP contribution in [-0.2, 0) is 25.4 Å². The highest BCUT2D eigenvalue weighted by atomic mass is 16.6. The van der Waals surface area contributed by atoms with Crippen LogP contribution in [0.3, 0.4) is 0 Å². The maximum absolute atomic E-state index is 5.89. The van der Waals surface area contributed by atoms with E-state index < -0.39 is 0 Å². The molecular weight excluding hydrogens is 296 g/mol. The molecule has 0 aromatic carbocycles. The van der Waals surface area contributed by atoms with Gasteiger partial charge in [0.2, 0.25) is 0 Å². The van der Waals surface area contributed by atoms with Crippen LogP contribution in [0, 0.1) is 5.92 Å². The van der Waals surface area contributed by atoms with Gasteiger partial charge in [-0.1, -0.05) is 5.21 Å². The third kappa shape index (κ3) is 3.79. The lowest BCUT2D eigenvalue weighted by Crippen LogP contribution is -2.24. The molecule has 0 N–H and O–H groups in total. The van der Waals surface area contributed by atoms with Crippen molar-refractivity contribution in [2.45, 2.75) is 49.7 Å². The molecule has 9 heteroatoms. The SMILES string of the molecule is [B][C@H]1C[C@@H](Cc2cn([C@H]3O[C@@H]([B])C[C@H]3OC)nn2)[C@@H](COC)O1. The van der Waals surface area contributed by atoms with E-state index >= 15 is 0 Å². The Morgan fingerprint density at radius 2 is 2.04 bits per heavy atom. The first-order valence-electron chi connectivity index (χ1n) is 7.85. The molecular formula is C14H21B2N3O4. The Morgan fingerprint density at radius 3 is 2.78 bits per heavy atom. The first kappa shape index (κ1) is 16.9. The Balaban J connectivity index is 1.65. The van der Waals surface area contributed by atoms with E-state index in [-0.39, 0.29) is 36.4 Å². The van der Waals surface area contributed by atoms with E-state index in [2.05, 4.69) is 10.3 Å². The lowest BCUT2D eigenvalue weighted by atomic mass is 9.88. The molecule has 0 amide bonds. The summed E-state index contributed by atoms with van der Waals surface area (Å²) < 4.78 is 23.6. The van der Waals surface area contributed by atoms with Crippen molar-refractivity contribution in [3.63, 3.8) is 0 Å². The maximum atomic E-state index is 5.89. The third-order valence-corrected chi connectivity index (χ3v) is 4.43. The lowest BCUT2D eigenvalue weighted by molar-refractivity contribution is -0.0430. The molecule has 1 aromatic rings. The molecule has 1 aromatic heterocycles. The van der Waals surface area contributed by atoms with Crippen LogP contribution in [0.15, 0.2) is 6.20 Å². The summed E-state index contributed by atoms with van der Waals surface area (Å²) in [6.45, 7) is 0.527. The third-order valence-electron chi connectivity index (χ3n) is 4.43. The van der Waals surface area contributed by atoms with Crippen LogP contribution < -0.4 is 0 Å². The van der Waals surface area contributed by atoms with E-state index in [9.17, 15) is 0 Å². The second kappa shape index (κ2) is 7.34. The van der Waals surface area contributed by atoms with Crippen LogP contribution in [0.25, 0.3) is 0 Å². The Bertz CT molecular complexity index is 518. The normalized spacial score (nSPS) is 37.5. The molecule has 3 rings (SSSR count). The van der Waals surface area contributed by atoms with Crippen molar-refractivity contribution in [3.8, 4) is 0 Å². The number of rotatable bonds is 6. The van der Waals surface area contributed by atoms with E-state index in [0.717, 1.165) is 18.5 Å². The van der Waals surface area contributed by atoms with Crippen molar-refractivity contribution >= 4 is 15.7 Å². The minimum Gasteiger partial charge on any atom is -0.382 e. The van der Waals surface area contributed by atoms with Gasteiger partial charge in [-0.2, -0.15) is 0 Å². The quantitative estimate of drug-likeness (QED) is 0.677. The Kier molecular flexibility index (Phi) is 5.41. The molecule has 6 atom stereocenters. The molecule has 23 heavy (non-hydrogen) atoms. The molecule has 0 bridgehead atoms. The van der Waals surface area contributed by atoms with Gasteiger partial charge in [-0.3, -0.25) is 0 Å². The molecule has 7 nitrogen and oxygen atoms in total. The van der Waals surface area contributed by atoms with E-state index in [0.29, 0.717) is 13.0 Å². The molecule has 2 aliphatic rings. The van der Waals surface area contributed by atoms with Gasteiger partial charge in [0.05, 0.1) is 24.6 Å². The molecule has 0 spiro atoms. The monoisotopic (exact) mass is 317 g/mol. The molecule has 0 aliphatic carbocycles. The Hall–Kier alpha value is -0.890. The highest BCUT2D eigenvalue weighted by Gasteiger charge is 2.36. The van der Waals surface area contributed by atoms with Crippen LogP contribution in [0.2, 0.25) is 0 Å². The zero-order valence-electron chi connectivity index (χ0n) is 13.5. The fraction of sp³-hybridized carbons (Fsp3) is 0.857. The lowest BCUT2D eigenvalue weighted by Gasteiger charge is -2.17. The van der Waals surface area contributed by atoms with Crippen molar-refractivity contribution in [2.75, 3.05) is 20.8 Å². The van der Waals surface area contributed by atoms with Gasteiger partial charge in [0.1, 0.15) is 21.8 Å². The summed E-state index contributed by atoms with van der Waals surface area (Å²) in [7, 11) is 15.0. The number of nitrogens with zero attached hydrogens (tertiary/aromatic N) is 3. The minimum absolute atomic E-state index is 0.0111. The van der Waals surface area contributed by atoms with Crippen molar-refractivity contribution in [1.29, 1.82) is 0 Å². The van der Waals surface area contributed by atoms with Gasteiger partial charge in [-0.05, 0) is 25.2 Å². The molecule has 2 aliphatic heterocycles. The van der Waals surface area contributed by atoms with E-state index in [1.54, 1.807) is 18.9 Å². The van der Waals surface area contributed by atoms with E-state index in [1.807, 2.05) is 6.20 Å². The summed E-state index contributed by atoms with van der Waals surface area (Å²) >= 11 is 0. The topological polar surface area (TPSA) is 67.6 Å². The highest BCUT2D eigenvalue weighted by Crippen LogP contribution is 2.31. The Morgan fingerprint density at radius 1 is 1.26 bits per heavy atom. The molecule has 3 heterocycles. The summed E-state index contributed by atoms with van der Waals surface area (Å²) in [6.07, 6.45) is 3.56. The zero-order valence-corrected chi connectivity index (χ0v) is 13.5. The Labute approximate surface area is 138 Å². The van der Waals surface area contributed by atoms with Gasteiger partial charge in [0.15, 0.2) is 6.23 Å². The number of ether oxygens (including phenoxy) is 4. The van der Waals surface area contributed by atoms with Crippen LogP contribution in [0.1, 0.15) is 24.8 Å². The van der Waals surface area contributed by atoms with Crippen LogP contribution in [0.5, 0.6) is 0 Å². The van der Waals surface area contributed by atoms with E-state index in [1.165, 1.54) is 0 Å². The van der Waals surface area contributed by atoms with Gasteiger partial charge < -0.3 is 18.9 Å². The van der Waals surface area contributed by atoms with Crippen LogP contribution in [0.4, 0.5) is 0 Å². The fourth-order valence-corrected chi connectivity index (χ4v) is 3.31. The minimum atomic E-state index is -0.343. The standard InChI is InChI=1S/C14H21B2N3O4/c1-20-7-11-8(4-12(15)22-11)3-9-6-19(18-17-9)14-10(21-2)5-13(16)23-14/h6,8,10-14H,3-5,7H2,1-2H3/t8-,10-,11-,12-,13-,14+/m1/s1. The highest BCUT2D eigenvalue weighted by molar-refractivity contribution is 6.11. The second-order valence-electron chi connectivity index (χ2n) is 6.13. The van der Waals surface area contributed by atoms with Crippen molar-refractivity contribution in [2.24, 2.45) is 5.92 Å². The average Bonchev–Trinajstić information content (AvgIpc) is 3.19. The zero-order chi connectivity index (χ0) is 16.4. The summed E-state index contributed by atoms with van der Waals surface area (Å²) in [6, 6.07) is -0.589. The van der Waals surface area contributed by atoms with Gasteiger partial charge in [-0.15, -0.1) is 5.10 Å². The smallest absolute Gasteiger partial charge is 0.177 e. The molecule has 0 unspecified atom stereocenters. The largest absolute Gasteiger partial charge is 0.382 e. The molecule has 2 saturated heterocycles. The predicted molar refractivity (Wildman–Crippen MR) is 83.2 cm³/mol. The van der Waals surface area contributed by atoms with E-state index in [4.69, 9.17) is 34.6 Å². The molecule has 2 fully saturated rings. The summed E-state index contributed by atoms with van der Waals surface area (Å²) in [4.78, 5) is 0. The van der Waals surface area contributed by atoms with Gasteiger partial charge >= 0.3 is 0 Å². The molecule has 122 valence electrons. The second-order valence-corrected chi connectivity index (χ2v) is 6.13. The maximum Gasteiger partial charge on any atom is 0.177 e. The summed E-state index contributed by atoms with van der Waals surface area (Å²) in [5.74, 6) is 0.264. The summed E-state index contributed by atoms with van der Waals surface area (Å²) in [5, 5.41) is 8.40. The van der Waals surface area contributed by atoms with Gasteiger partial charge in [-0.25, -0.2) is 4.68 Å². The van der Waals surface area contributed by atoms with Crippen LogP contribution >= 0.6 is 0 Å². The van der Waals surface area contributed by atoms with Crippen LogP contribution in [-0.4, -0.2) is 75.7 Å². The first-order valence-corrected chi connectivity index (χ1v) is 7.85. The van der Waals surface area contributed by atoms with Crippen molar-refractivity contribution < 1.29 is 18.9 Å². The average molecular weight is 317 g/mol. The van der Waals surface area contributed by atoms with Crippen molar-refractivity contribution in [3.05, 3.63) is 11.9 Å². The number of aromatic nitrogens is 3. The predicted octanol–water partition coefficient (Wildman–Crippen LogP) is -0.205. The number of hydrogen-bond acceptors (Lipinski definition) is 6. The summed E-state index contributed by atoms with van der Waals surface area (Å²) in [5.41, 5.74) is 0.868. The first-order chi connectivity index (χ1) is 11.1. The fourth-order valence-electron chi connectivity index (χ4n) is 3.31. The molecule has 4 radical (unpaired) electrons. The van der Waals surface area contributed by atoms with Gasteiger partial charge in [0.25, 0.3) is 0 Å². The van der Waals surface area contributed by atoms with Gasteiger partial charge in [0, 0.05) is 26.2 Å². The number of methoxy groups -OCH3 is 2.